The van der Waals surface area contributed by atoms with Crippen molar-refractivity contribution in [3.8, 4) is 0 Å². The maximum absolute atomic E-state index is 8.61. The van der Waals surface area contributed by atoms with Gasteiger partial charge in [-0.3, -0.25) is 0 Å². The molecule has 1 N–H and O–H groups in total. The van der Waals surface area contributed by atoms with Crippen molar-refractivity contribution in [2.24, 2.45) is 0 Å². The smallest absolute Gasteiger partial charge is 0.0841 e. The molecule has 0 aliphatic carbocycles. The van der Waals surface area contributed by atoms with E-state index >= 15 is 0 Å². The van der Waals surface area contributed by atoms with Crippen molar-refractivity contribution in [1.82, 2.24) is 0 Å². The molecular formula is C13H26O2. The molecule has 1 saturated heterocycles. The first-order valence-electron chi connectivity index (χ1n) is 6.64. The van der Waals surface area contributed by atoms with Crippen LogP contribution < -0.4 is 0 Å². The summed E-state index contributed by atoms with van der Waals surface area (Å²) in [6.07, 6.45) is 12.4. The summed E-state index contributed by atoms with van der Waals surface area (Å²) in [4.78, 5) is 0. The number of aliphatic hydroxyl groups is 1. The second-order valence-electron chi connectivity index (χ2n) is 4.64. The molecule has 1 fully saturated rings. The monoisotopic (exact) mass is 214 g/mol. The van der Waals surface area contributed by atoms with Crippen LogP contribution >= 0.6 is 0 Å². The van der Waals surface area contributed by atoms with E-state index < -0.39 is 0 Å². The Hall–Kier alpha value is -0.0800. The highest BCUT2D eigenvalue weighted by Crippen LogP contribution is 2.30. The fraction of sp³-hybridized carbons (Fsp3) is 1.00. The number of hydrogen-bond donors (Lipinski definition) is 1. The lowest BCUT2D eigenvalue weighted by Crippen LogP contribution is -1.93. The Labute approximate surface area is 94.0 Å². The molecule has 0 aromatic carbocycles. The van der Waals surface area contributed by atoms with Crippen molar-refractivity contribution in [3.05, 3.63) is 0 Å². The van der Waals surface area contributed by atoms with Crippen molar-refractivity contribution in [1.29, 1.82) is 0 Å². The molecule has 0 radical (unpaired) electrons. The molecule has 1 aliphatic heterocycles. The molecule has 15 heavy (non-hydrogen) atoms. The van der Waals surface area contributed by atoms with Gasteiger partial charge in [0.25, 0.3) is 0 Å². The molecule has 2 atom stereocenters. The first-order valence-corrected chi connectivity index (χ1v) is 6.64. The zero-order valence-electron chi connectivity index (χ0n) is 10.1. The molecule has 2 heteroatoms. The summed E-state index contributed by atoms with van der Waals surface area (Å²) in [6, 6.07) is 0. The van der Waals surface area contributed by atoms with Crippen LogP contribution in [0.15, 0.2) is 0 Å². The van der Waals surface area contributed by atoms with Crippen molar-refractivity contribution in [2.75, 3.05) is 6.61 Å². The molecule has 0 saturated carbocycles. The van der Waals surface area contributed by atoms with Gasteiger partial charge in [0.2, 0.25) is 0 Å². The summed E-state index contributed by atoms with van der Waals surface area (Å²) in [6.45, 7) is 2.58. The minimum absolute atomic E-state index is 0.356. The lowest BCUT2D eigenvalue weighted by atomic mass is 10.1. The summed E-state index contributed by atoms with van der Waals surface area (Å²) >= 11 is 0. The van der Waals surface area contributed by atoms with E-state index in [1.807, 2.05) is 0 Å². The molecule has 0 aromatic heterocycles. The van der Waals surface area contributed by atoms with Crippen LogP contribution in [0.4, 0.5) is 0 Å². The number of hydrogen-bond acceptors (Lipinski definition) is 2. The fourth-order valence-corrected chi connectivity index (χ4v) is 2.14. The van der Waals surface area contributed by atoms with Crippen molar-refractivity contribution in [3.63, 3.8) is 0 Å². The molecule has 0 aromatic rings. The predicted molar refractivity (Wildman–Crippen MR) is 63.0 cm³/mol. The lowest BCUT2D eigenvalue weighted by Gasteiger charge is -1.99. The average molecular weight is 214 g/mol. The van der Waals surface area contributed by atoms with Gasteiger partial charge in [0.1, 0.15) is 0 Å². The third kappa shape index (κ3) is 6.16. The van der Waals surface area contributed by atoms with E-state index in [4.69, 9.17) is 9.84 Å². The van der Waals surface area contributed by atoms with Crippen molar-refractivity contribution >= 4 is 0 Å². The Balaban J connectivity index is 1.75. The van der Waals surface area contributed by atoms with Crippen LogP contribution in [0.1, 0.15) is 64.7 Å². The average Bonchev–Trinajstić information content (AvgIpc) is 2.96. The van der Waals surface area contributed by atoms with Crippen LogP contribution in [0.2, 0.25) is 0 Å². The minimum atomic E-state index is 0.356. The quantitative estimate of drug-likeness (QED) is 0.447. The van der Waals surface area contributed by atoms with Gasteiger partial charge in [-0.05, 0) is 19.3 Å². The maximum atomic E-state index is 8.61. The normalized spacial score (nSPS) is 24.4. The van der Waals surface area contributed by atoms with E-state index in [-0.39, 0.29) is 0 Å². The number of epoxide rings is 1. The van der Waals surface area contributed by atoms with Crippen molar-refractivity contribution < 1.29 is 9.84 Å². The van der Waals surface area contributed by atoms with Crippen LogP contribution in [-0.2, 0) is 4.74 Å². The summed E-state index contributed by atoms with van der Waals surface area (Å²) in [7, 11) is 0. The Kier molecular flexibility index (Phi) is 7.03. The zero-order chi connectivity index (χ0) is 10.9. The fourth-order valence-electron chi connectivity index (χ4n) is 2.14. The van der Waals surface area contributed by atoms with Crippen molar-refractivity contribution in [2.45, 2.75) is 76.9 Å². The van der Waals surface area contributed by atoms with E-state index in [1.165, 1.54) is 51.4 Å². The molecule has 90 valence electrons. The highest BCUT2D eigenvalue weighted by atomic mass is 16.6. The van der Waals surface area contributed by atoms with E-state index in [9.17, 15) is 0 Å². The molecule has 1 heterocycles. The summed E-state index contributed by atoms with van der Waals surface area (Å²) in [5, 5.41) is 8.61. The van der Waals surface area contributed by atoms with E-state index in [0.29, 0.717) is 18.8 Å². The van der Waals surface area contributed by atoms with Gasteiger partial charge in [0, 0.05) is 6.61 Å². The summed E-state index contributed by atoms with van der Waals surface area (Å²) < 4.78 is 5.57. The maximum Gasteiger partial charge on any atom is 0.0841 e. The third-order valence-electron chi connectivity index (χ3n) is 3.16. The van der Waals surface area contributed by atoms with Gasteiger partial charge in [0.15, 0.2) is 0 Å². The van der Waals surface area contributed by atoms with Crippen LogP contribution in [0.5, 0.6) is 0 Å². The molecule has 0 spiro atoms. The number of ether oxygens (including phenoxy) is 1. The van der Waals surface area contributed by atoms with Gasteiger partial charge >= 0.3 is 0 Å². The van der Waals surface area contributed by atoms with Crippen LogP contribution in [-0.4, -0.2) is 23.9 Å². The van der Waals surface area contributed by atoms with Gasteiger partial charge < -0.3 is 9.84 Å². The Morgan fingerprint density at radius 2 is 1.47 bits per heavy atom. The standard InChI is InChI=1S/C13H26O2/c1-2-9-12-13(15-12)10-7-5-3-4-6-8-11-14/h12-14H,2-11H2,1H3. The Morgan fingerprint density at radius 3 is 2.13 bits per heavy atom. The van der Waals surface area contributed by atoms with Gasteiger partial charge in [-0.15, -0.1) is 0 Å². The minimum Gasteiger partial charge on any atom is -0.396 e. The predicted octanol–water partition coefficient (Wildman–Crippen LogP) is 3.28. The lowest BCUT2D eigenvalue weighted by molar-refractivity contribution is 0.282. The van der Waals surface area contributed by atoms with Gasteiger partial charge in [-0.1, -0.05) is 45.4 Å². The molecule has 0 bridgehead atoms. The number of rotatable bonds is 10. The van der Waals surface area contributed by atoms with Crippen LogP contribution in [0.3, 0.4) is 0 Å². The second-order valence-corrected chi connectivity index (χ2v) is 4.64. The highest BCUT2D eigenvalue weighted by molar-refractivity contribution is 4.83. The van der Waals surface area contributed by atoms with E-state index in [1.54, 1.807) is 0 Å². The van der Waals surface area contributed by atoms with Gasteiger partial charge in [-0.25, -0.2) is 0 Å². The first-order chi connectivity index (χ1) is 7.38. The van der Waals surface area contributed by atoms with E-state index in [0.717, 1.165) is 6.42 Å². The van der Waals surface area contributed by atoms with Gasteiger partial charge in [-0.2, -0.15) is 0 Å². The summed E-state index contributed by atoms with van der Waals surface area (Å²) in [5.74, 6) is 0. The Morgan fingerprint density at radius 1 is 0.867 bits per heavy atom. The first kappa shape index (κ1) is 13.0. The molecule has 0 amide bonds. The van der Waals surface area contributed by atoms with Crippen LogP contribution in [0.25, 0.3) is 0 Å². The summed E-state index contributed by atoms with van der Waals surface area (Å²) in [5.41, 5.74) is 0. The molecule has 2 unspecified atom stereocenters. The SMILES string of the molecule is CCCC1OC1CCCCCCCCO. The molecular weight excluding hydrogens is 188 g/mol. The van der Waals surface area contributed by atoms with E-state index in [2.05, 4.69) is 6.92 Å². The Bertz CT molecular complexity index is 147. The largest absolute Gasteiger partial charge is 0.396 e. The molecule has 2 nitrogen and oxygen atoms in total. The van der Waals surface area contributed by atoms with Crippen LogP contribution in [0, 0.1) is 0 Å². The molecule has 1 rings (SSSR count). The number of aliphatic hydroxyl groups excluding tert-OH is 1. The van der Waals surface area contributed by atoms with Gasteiger partial charge in [0.05, 0.1) is 12.2 Å². The second kappa shape index (κ2) is 8.12. The third-order valence-corrected chi connectivity index (χ3v) is 3.16. The zero-order valence-corrected chi connectivity index (χ0v) is 10.1. The molecule has 1 aliphatic rings. The topological polar surface area (TPSA) is 32.8 Å². The highest BCUT2D eigenvalue weighted by Gasteiger charge is 2.36. The number of unbranched alkanes of at least 4 members (excludes halogenated alkanes) is 5.